The number of fused-ring (bicyclic) bond motifs is 1. The molecule has 2 N–H and O–H groups in total. The Hall–Kier alpha value is -1.86. The number of ether oxygens (including phenoxy) is 1. The Morgan fingerprint density at radius 3 is 3.00 bits per heavy atom. The lowest BCUT2D eigenvalue weighted by Gasteiger charge is -2.39. The van der Waals surface area contributed by atoms with Crippen molar-refractivity contribution in [3.8, 4) is 0 Å². The zero-order valence-corrected chi connectivity index (χ0v) is 16.2. The van der Waals surface area contributed by atoms with Gasteiger partial charge in [-0.05, 0) is 37.8 Å². The summed E-state index contributed by atoms with van der Waals surface area (Å²) in [5.74, 6) is -0.552. The molecule has 1 aliphatic carbocycles. The van der Waals surface area contributed by atoms with Crippen LogP contribution in [0.5, 0.6) is 0 Å². The summed E-state index contributed by atoms with van der Waals surface area (Å²) in [5, 5.41) is 6.19. The summed E-state index contributed by atoms with van der Waals surface area (Å²) in [5.41, 5.74) is 0.415. The molecule has 3 rings (SSSR count). The molecule has 0 aromatic heterocycles. The van der Waals surface area contributed by atoms with Gasteiger partial charge in [0, 0.05) is 43.0 Å². The number of rotatable bonds is 6. The first-order valence-electron chi connectivity index (χ1n) is 9.29. The fourth-order valence-corrected chi connectivity index (χ4v) is 4.82. The monoisotopic (exact) mass is 392 g/mol. The number of carbonyl (C=O) groups is 2. The molecule has 27 heavy (non-hydrogen) atoms. The first-order chi connectivity index (χ1) is 13.1. The van der Waals surface area contributed by atoms with Gasteiger partial charge >= 0.3 is 0 Å². The van der Waals surface area contributed by atoms with E-state index in [4.69, 9.17) is 4.74 Å². The van der Waals surface area contributed by atoms with E-state index < -0.39 is 0 Å². The van der Waals surface area contributed by atoms with Crippen LogP contribution in [-0.4, -0.2) is 43.4 Å². The van der Waals surface area contributed by atoms with Gasteiger partial charge in [-0.3, -0.25) is 9.59 Å². The van der Waals surface area contributed by atoms with Crippen molar-refractivity contribution in [3.05, 3.63) is 40.6 Å². The summed E-state index contributed by atoms with van der Waals surface area (Å²) in [6, 6.07) is 6.40. The summed E-state index contributed by atoms with van der Waals surface area (Å²) in [7, 11) is 1.64. The summed E-state index contributed by atoms with van der Waals surface area (Å²) in [6.45, 7) is 1.23. The van der Waals surface area contributed by atoms with Gasteiger partial charge in [0.15, 0.2) is 0 Å². The van der Waals surface area contributed by atoms with E-state index in [1.165, 1.54) is 17.8 Å². The van der Waals surface area contributed by atoms with Crippen molar-refractivity contribution in [2.45, 2.75) is 37.0 Å². The molecule has 1 aliphatic heterocycles. The minimum Gasteiger partial charge on any atom is -0.385 e. The topological polar surface area (TPSA) is 67.4 Å². The molecule has 146 valence electrons. The number of hydrogen-bond acceptors (Lipinski definition) is 4. The second-order valence-electron chi connectivity index (χ2n) is 6.91. The molecule has 3 atom stereocenters. The van der Waals surface area contributed by atoms with Gasteiger partial charge in [0.1, 0.15) is 5.82 Å². The van der Waals surface area contributed by atoms with Crippen LogP contribution in [0.3, 0.4) is 0 Å². The molecule has 2 fully saturated rings. The molecule has 7 heteroatoms. The van der Waals surface area contributed by atoms with E-state index in [0.29, 0.717) is 30.0 Å². The fraction of sp³-hybridized carbons (Fsp3) is 0.500. The molecule has 0 radical (unpaired) electrons. The first-order valence-corrected chi connectivity index (χ1v) is 10.2. The lowest BCUT2D eigenvalue weighted by atomic mass is 9.84. The maximum atomic E-state index is 13.9. The second-order valence-corrected chi connectivity index (χ2v) is 8.19. The number of nitrogens with one attached hydrogen (secondary N) is 2. The van der Waals surface area contributed by atoms with Crippen LogP contribution in [0.4, 0.5) is 4.39 Å². The average Bonchev–Trinajstić information content (AvgIpc) is 2.67. The molecule has 1 aromatic rings. The van der Waals surface area contributed by atoms with E-state index >= 15 is 0 Å². The van der Waals surface area contributed by atoms with Gasteiger partial charge < -0.3 is 15.4 Å². The minimum absolute atomic E-state index is 0.0243. The standard InChI is InChI=1S/C20H25FN2O3S/c1-26-10-4-9-22-19(24)14-7-8-17-16(11-14)23-20(25)18(27-17)12-13-5-2-3-6-15(13)21/h2-3,5-6,12,14,16-17H,4,7-11H2,1H3,(H,22,24)(H,23,25)/b18-12+. The molecule has 3 unspecified atom stereocenters. The first kappa shape index (κ1) is 19.9. The summed E-state index contributed by atoms with van der Waals surface area (Å²) < 4.78 is 18.8. The molecule has 1 saturated carbocycles. The van der Waals surface area contributed by atoms with E-state index in [0.717, 1.165) is 19.3 Å². The highest BCUT2D eigenvalue weighted by atomic mass is 32.2. The lowest BCUT2D eigenvalue weighted by Crippen LogP contribution is -2.51. The summed E-state index contributed by atoms with van der Waals surface area (Å²) >= 11 is 1.50. The van der Waals surface area contributed by atoms with Crippen molar-refractivity contribution in [1.29, 1.82) is 0 Å². The highest BCUT2D eigenvalue weighted by Crippen LogP contribution is 2.40. The van der Waals surface area contributed by atoms with Crippen LogP contribution < -0.4 is 10.6 Å². The fourth-order valence-electron chi connectivity index (χ4n) is 3.54. The van der Waals surface area contributed by atoms with Gasteiger partial charge in [0.25, 0.3) is 5.91 Å². The van der Waals surface area contributed by atoms with Crippen LogP contribution in [-0.2, 0) is 14.3 Å². The number of halogens is 1. The van der Waals surface area contributed by atoms with Crippen molar-refractivity contribution in [3.63, 3.8) is 0 Å². The highest BCUT2D eigenvalue weighted by Gasteiger charge is 2.39. The van der Waals surface area contributed by atoms with E-state index in [1.54, 1.807) is 31.4 Å². The Morgan fingerprint density at radius 2 is 2.22 bits per heavy atom. The minimum atomic E-state index is -0.339. The van der Waals surface area contributed by atoms with Crippen molar-refractivity contribution in [1.82, 2.24) is 10.6 Å². The predicted octanol–water partition coefficient (Wildman–Crippen LogP) is 2.72. The summed E-state index contributed by atoms with van der Waals surface area (Å²) in [4.78, 5) is 25.3. The van der Waals surface area contributed by atoms with Gasteiger partial charge in [0.2, 0.25) is 5.91 Å². The van der Waals surface area contributed by atoms with Crippen molar-refractivity contribution < 1.29 is 18.7 Å². The van der Waals surface area contributed by atoms with Crippen LogP contribution in [0.2, 0.25) is 0 Å². The van der Waals surface area contributed by atoms with Gasteiger partial charge in [-0.2, -0.15) is 0 Å². The Labute approximate surface area is 163 Å². The second kappa shape index (κ2) is 9.37. The number of methoxy groups -OCH3 is 1. The molecule has 2 amide bonds. The highest BCUT2D eigenvalue weighted by molar-refractivity contribution is 8.04. The normalized spacial score (nSPS) is 26.4. The lowest BCUT2D eigenvalue weighted by molar-refractivity contribution is -0.127. The number of benzene rings is 1. The van der Waals surface area contributed by atoms with Crippen LogP contribution >= 0.6 is 11.8 Å². The molecule has 1 heterocycles. The van der Waals surface area contributed by atoms with Gasteiger partial charge in [0.05, 0.1) is 4.91 Å². The van der Waals surface area contributed by atoms with E-state index in [1.807, 2.05) is 0 Å². The van der Waals surface area contributed by atoms with E-state index in [9.17, 15) is 14.0 Å². The number of thioether (sulfide) groups is 1. The SMILES string of the molecule is COCCCNC(=O)C1CCC2S/C(=C/c3ccccc3F)C(=O)NC2C1. The molecular formula is C20H25FN2O3S. The molecule has 1 saturated heterocycles. The van der Waals surface area contributed by atoms with Gasteiger partial charge in [-0.1, -0.05) is 18.2 Å². The van der Waals surface area contributed by atoms with Crippen LogP contribution in [0, 0.1) is 11.7 Å². The number of amides is 2. The molecule has 5 nitrogen and oxygen atoms in total. The van der Waals surface area contributed by atoms with E-state index in [-0.39, 0.29) is 34.8 Å². The molecule has 0 bridgehead atoms. The van der Waals surface area contributed by atoms with Crippen molar-refractivity contribution in [2.75, 3.05) is 20.3 Å². The Kier molecular flexibility index (Phi) is 6.90. The average molecular weight is 392 g/mol. The Morgan fingerprint density at radius 1 is 1.41 bits per heavy atom. The predicted molar refractivity (Wildman–Crippen MR) is 105 cm³/mol. The third-order valence-electron chi connectivity index (χ3n) is 4.99. The van der Waals surface area contributed by atoms with Crippen LogP contribution in [0.25, 0.3) is 6.08 Å². The van der Waals surface area contributed by atoms with Gasteiger partial charge in [-0.25, -0.2) is 4.39 Å². The van der Waals surface area contributed by atoms with E-state index in [2.05, 4.69) is 10.6 Å². The van der Waals surface area contributed by atoms with Crippen LogP contribution in [0.1, 0.15) is 31.2 Å². The molecule has 2 aliphatic rings. The Bertz CT molecular complexity index is 725. The van der Waals surface area contributed by atoms with Gasteiger partial charge in [-0.15, -0.1) is 11.8 Å². The number of carbonyl (C=O) groups excluding carboxylic acids is 2. The quantitative estimate of drug-likeness (QED) is 0.577. The number of hydrogen-bond donors (Lipinski definition) is 2. The maximum Gasteiger partial charge on any atom is 0.257 e. The van der Waals surface area contributed by atoms with Crippen LogP contribution in [0.15, 0.2) is 29.2 Å². The smallest absolute Gasteiger partial charge is 0.257 e. The maximum absolute atomic E-state index is 13.9. The third-order valence-corrected chi connectivity index (χ3v) is 6.42. The molecular weight excluding hydrogens is 367 g/mol. The van der Waals surface area contributed by atoms with Crippen molar-refractivity contribution >= 4 is 29.7 Å². The van der Waals surface area contributed by atoms with Crippen molar-refractivity contribution in [2.24, 2.45) is 5.92 Å². The largest absolute Gasteiger partial charge is 0.385 e. The molecule has 1 aromatic carbocycles. The zero-order chi connectivity index (χ0) is 19.2. The summed E-state index contributed by atoms with van der Waals surface area (Å²) in [6.07, 6.45) is 4.69. The third kappa shape index (κ3) is 5.11. The zero-order valence-electron chi connectivity index (χ0n) is 15.4. The molecule has 0 spiro atoms. The Balaban J connectivity index is 1.58.